The molecule has 1 aliphatic heterocycles. The standard InChI is InChI=1S/C28H26F3N3O4S/c1-2-37-22-14-10-21(11-15-22)32-25(35)16-24-26(36)34(18-19-6-4-3-5-7-19)27(39)33(24)17-20-8-12-23(13-9-20)38-28(29,30)31/h3-15,24H,2,16-18H2,1H3,(H,32,35)/t24-/m0/s1. The van der Waals surface area contributed by atoms with Crippen LogP contribution in [0, 0.1) is 0 Å². The smallest absolute Gasteiger partial charge is 0.494 e. The Hall–Kier alpha value is -4.12. The van der Waals surface area contributed by atoms with Crippen LogP contribution in [0.4, 0.5) is 18.9 Å². The van der Waals surface area contributed by atoms with Crippen molar-refractivity contribution in [3.63, 3.8) is 0 Å². The average Bonchev–Trinajstić information content (AvgIpc) is 3.10. The van der Waals surface area contributed by atoms with Crippen LogP contribution in [0.25, 0.3) is 0 Å². The molecule has 0 saturated carbocycles. The molecule has 3 aromatic carbocycles. The first-order valence-electron chi connectivity index (χ1n) is 12.2. The lowest BCUT2D eigenvalue weighted by molar-refractivity contribution is -0.274. The zero-order chi connectivity index (χ0) is 28.0. The largest absolute Gasteiger partial charge is 0.573 e. The summed E-state index contributed by atoms with van der Waals surface area (Å²) in [5.74, 6) is -0.409. The van der Waals surface area contributed by atoms with Crippen LogP contribution < -0.4 is 14.8 Å². The van der Waals surface area contributed by atoms with Gasteiger partial charge in [0.25, 0.3) is 5.91 Å². The van der Waals surface area contributed by atoms with E-state index in [1.807, 2.05) is 37.3 Å². The zero-order valence-corrected chi connectivity index (χ0v) is 21.8. The predicted octanol–water partition coefficient (Wildman–Crippen LogP) is 5.51. The monoisotopic (exact) mass is 557 g/mol. The quantitative estimate of drug-likeness (QED) is 0.332. The van der Waals surface area contributed by atoms with E-state index in [0.717, 1.165) is 5.56 Å². The van der Waals surface area contributed by atoms with Gasteiger partial charge in [0.15, 0.2) is 5.11 Å². The maximum Gasteiger partial charge on any atom is 0.573 e. The van der Waals surface area contributed by atoms with Gasteiger partial charge in [-0.1, -0.05) is 42.5 Å². The van der Waals surface area contributed by atoms with Crippen LogP contribution in [0.2, 0.25) is 0 Å². The first-order chi connectivity index (χ1) is 18.6. The molecule has 0 bridgehead atoms. The lowest BCUT2D eigenvalue weighted by atomic mass is 10.1. The molecule has 3 aromatic rings. The van der Waals surface area contributed by atoms with E-state index in [9.17, 15) is 22.8 Å². The molecule has 1 atom stereocenters. The van der Waals surface area contributed by atoms with Gasteiger partial charge in [-0.2, -0.15) is 0 Å². The topological polar surface area (TPSA) is 71.1 Å². The molecule has 2 amide bonds. The molecule has 204 valence electrons. The number of carbonyl (C=O) groups excluding carboxylic acids is 2. The van der Waals surface area contributed by atoms with Crippen molar-refractivity contribution in [2.45, 2.75) is 38.8 Å². The maximum atomic E-state index is 13.5. The summed E-state index contributed by atoms with van der Waals surface area (Å²) in [5, 5.41) is 3.03. The Morgan fingerprint density at radius 3 is 2.15 bits per heavy atom. The highest BCUT2D eigenvalue weighted by Gasteiger charge is 2.43. The number of carbonyl (C=O) groups is 2. The first-order valence-corrected chi connectivity index (χ1v) is 12.6. The Morgan fingerprint density at radius 1 is 0.923 bits per heavy atom. The summed E-state index contributed by atoms with van der Waals surface area (Å²) < 4.78 is 47.0. The van der Waals surface area contributed by atoms with Crippen LogP contribution in [0.3, 0.4) is 0 Å². The molecular weight excluding hydrogens is 531 g/mol. The molecule has 4 rings (SSSR count). The van der Waals surface area contributed by atoms with Crippen molar-refractivity contribution >= 4 is 34.8 Å². The summed E-state index contributed by atoms with van der Waals surface area (Å²) in [5.41, 5.74) is 2.00. The van der Waals surface area contributed by atoms with Gasteiger partial charge in [0, 0.05) is 12.2 Å². The molecule has 0 spiro atoms. The van der Waals surface area contributed by atoms with Crippen LogP contribution in [-0.2, 0) is 22.7 Å². The predicted molar refractivity (Wildman–Crippen MR) is 143 cm³/mol. The van der Waals surface area contributed by atoms with Crippen LogP contribution >= 0.6 is 12.2 Å². The van der Waals surface area contributed by atoms with Gasteiger partial charge in [0.1, 0.15) is 17.5 Å². The van der Waals surface area contributed by atoms with Gasteiger partial charge in [-0.15, -0.1) is 13.2 Å². The maximum absolute atomic E-state index is 13.5. The second kappa shape index (κ2) is 12.2. The second-order valence-electron chi connectivity index (χ2n) is 8.74. The number of rotatable bonds is 10. The van der Waals surface area contributed by atoms with Crippen molar-refractivity contribution in [2.75, 3.05) is 11.9 Å². The van der Waals surface area contributed by atoms with Crippen molar-refractivity contribution in [3.05, 3.63) is 90.0 Å². The molecule has 1 heterocycles. The summed E-state index contributed by atoms with van der Waals surface area (Å²) in [7, 11) is 0. The van der Waals surface area contributed by atoms with E-state index in [-0.39, 0.29) is 42.2 Å². The Labute approximate surface area is 229 Å². The summed E-state index contributed by atoms with van der Waals surface area (Å²) in [6, 6.07) is 20.6. The average molecular weight is 558 g/mol. The number of ether oxygens (including phenoxy) is 2. The second-order valence-corrected chi connectivity index (χ2v) is 9.10. The van der Waals surface area contributed by atoms with E-state index < -0.39 is 12.4 Å². The van der Waals surface area contributed by atoms with Gasteiger partial charge in [-0.25, -0.2) is 0 Å². The fourth-order valence-electron chi connectivity index (χ4n) is 4.16. The summed E-state index contributed by atoms with van der Waals surface area (Å²) in [6.45, 7) is 2.73. The van der Waals surface area contributed by atoms with Crippen molar-refractivity contribution in [2.24, 2.45) is 0 Å². The summed E-state index contributed by atoms with van der Waals surface area (Å²) in [4.78, 5) is 29.5. The van der Waals surface area contributed by atoms with Gasteiger partial charge in [0.05, 0.1) is 19.6 Å². The lowest BCUT2D eigenvalue weighted by Gasteiger charge is -2.24. The number of nitrogens with zero attached hydrogens (tertiary/aromatic N) is 2. The van der Waals surface area contributed by atoms with Crippen LogP contribution in [0.5, 0.6) is 11.5 Å². The van der Waals surface area contributed by atoms with Crippen LogP contribution in [-0.4, -0.2) is 45.7 Å². The molecule has 0 aromatic heterocycles. The Bertz CT molecular complexity index is 1300. The Morgan fingerprint density at radius 2 is 1.54 bits per heavy atom. The minimum atomic E-state index is -4.80. The molecule has 39 heavy (non-hydrogen) atoms. The number of benzene rings is 3. The molecule has 0 unspecified atom stereocenters. The van der Waals surface area contributed by atoms with Crippen LogP contribution in [0.15, 0.2) is 78.9 Å². The normalized spacial score (nSPS) is 15.4. The van der Waals surface area contributed by atoms with Crippen molar-refractivity contribution in [1.29, 1.82) is 0 Å². The zero-order valence-electron chi connectivity index (χ0n) is 21.0. The number of thiocarbonyl (C=S) groups is 1. The van der Waals surface area contributed by atoms with Gasteiger partial charge in [0.2, 0.25) is 5.91 Å². The third-order valence-electron chi connectivity index (χ3n) is 5.93. The van der Waals surface area contributed by atoms with E-state index in [4.69, 9.17) is 17.0 Å². The van der Waals surface area contributed by atoms with E-state index >= 15 is 0 Å². The van der Waals surface area contributed by atoms with Crippen molar-refractivity contribution < 1.29 is 32.2 Å². The molecular formula is C28H26F3N3O4S. The highest BCUT2D eigenvalue weighted by atomic mass is 32.1. The van der Waals surface area contributed by atoms with Gasteiger partial charge in [-0.3, -0.25) is 14.5 Å². The number of amides is 2. The Balaban J connectivity index is 1.51. The number of anilines is 1. The number of alkyl halides is 3. The van der Waals surface area contributed by atoms with E-state index in [2.05, 4.69) is 10.1 Å². The Kier molecular flexibility index (Phi) is 8.70. The highest BCUT2D eigenvalue weighted by molar-refractivity contribution is 7.80. The van der Waals surface area contributed by atoms with Gasteiger partial charge in [-0.05, 0) is 66.7 Å². The fourth-order valence-corrected chi connectivity index (χ4v) is 4.51. The minimum Gasteiger partial charge on any atom is -0.494 e. The number of hydrogen-bond donors (Lipinski definition) is 1. The molecule has 1 saturated heterocycles. The molecule has 7 nitrogen and oxygen atoms in total. The minimum absolute atomic E-state index is 0.114. The third kappa shape index (κ3) is 7.47. The first kappa shape index (κ1) is 27.9. The number of halogens is 3. The van der Waals surface area contributed by atoms with E-state index in [0.29, 0.717) is 23.6 Å². The SMILES string of the molecule is CCOc1ccc(NC(=O)C[C@H]2C(=O)N(Cc3ccccc3)C(=S)N2Cc2ccc(OC(F)(F)F)cc2)cc1. The molecule has 1 N–H and O–H groups in total. The third-order valence-corrected chi connectivity index (χ3v) is 6.38. The van der Waals surface area contributed by atoms with Gasteiger partial charge >= 0.3 is 6.36 Å². The van der Waals surface area contributed by atoms with E-state index in [1.54, 1.807) is 29.2 Å². The summed E-state index contributed by atoms with van der Waals surface area (Å²) in [6.07, 6.45) is -4.98. The number of nitrogens with one attached hydrogen (secondary N) is 1. The van der Waals surface area contributed by atoms with Crippen LogP contribution in [0.1, 0.15) is 24.5 Å². The lowest BCUT2D eigenvalue weighted by Crippen LogP contribution is -2.37. The van der Waals surface area contributed by atoms with Gasteiger partial charge < -0.3 is 19.7 Å². The van der Waals surface area contributed by atoms with Crippen molar-refractivity contribution in [3.8, 4) is 11.5 Å². The molecule has 1 aliphatic rings. The van der Waals surface area contributed by atoms with E-state index in [1.165, 1.54) is 29.2 Å². The highest BCUT2D eigenvalue weighted by Crippen LogP contribution is 2.28. The molecule has 1 fully saturated rings. The molecule has 11 heteroatoms. The van der Waals surface area contributed by atoms with Crippen molar-refractivity contribution in [1.82, 2.24) is 9.80 Å². The number of hydrogen-bond acceptors (Lipinski definition) is 5. The summed E-state index contributed by atoms with van der Waals surface area (Å²) >= 11 is 5.65. The fraction of sp³-hybridized carbons (Fsp3) is 0.250. The molecule has 0 radical (unpaired) electrons. The molecule has 0 aliphatic carbocycles.